The van der Waals surface area contributed by atoms with Crippen LogP contribution in [0.3, 0.4) is 0 Å². The molecule has 0 amide bonds. The lowest BCUT2D eigenvalue weighted by Gasteiger charge is -2.08. The van der Waals surface area contributed by atoms with E-state index in [1.165, 1.54) is 0 Å². The first-order valence-electron chi connectivity index (χ1n) is 5.17. The van der Waals surface area contributed by atoms with Crippen LogP contribution in [0.15, 0.2) is 45.8 Å². The third-order valence-electron chi connectivity index (χ3n) is 2.50. The lowest BCUT2D eigenvalue weighted by Crippen LogP contribution is -2.22. The normalized spacial score (nSPS) is 10.5. The van der Waals surface area contributed by atoms with Gasteiger partial charge in [0.2, 0.25) is 0 Å². The number of hydrogen-bond donors (Lipinski definition) is 0. The number of aryl methyl sites for hydroxylation is 1. The number of benzene rings is 1. The van der Waals surface area contributed by atoms with E-state index in [0.717, 1.165) is 15.6 Å². The highest BCUT2D eigenvalue weighted by atomic mass is 79.9. The van der Waals surface area contributed by atoms with E-state index in [9.17, 15) is 4.79 Å². The molecular weight excluding hydrogens is 302 g/mol. The largest absolute Gasteiger partial charge is 0.310 e. The van der Waals surface area contributed by atoms with E-state index >= 15 is 0 Å². The van der Waals surface area contributed by atoms with E-state index in [-0.39, 0.29) is 5.56 Å². The highest BCUT2D eigenvalue weighted by Crippen LogP contribution is 2.12. The Bertz CT molecular complexity index is 589. The van der Waals surface area contributed by atoms with E-state index < -0.39 is 0 Å². The molecule has 0 fully saturated rings. The summed E-state index contributed by atoms with van der Waals surface area (Å²) in [6, 6.07) is 9.32. The topological polar surface area (TPSA) is 22.0 Å². The molecule has 4 heteroatoms. The van der Waals surface area contributed by atoms with Gasteiger partial charge < -0.3 is 4.57 Å². The van der Waals surface area contributed by atoms with E-state index in [0.29, 0.717) is 11.6 Å². The average molecular weight is 313 g/mol. The van der Waals surface area contributed by atoms with E-state index in [2.05, 4.69) is 15.9 Å². The van der Waals surface area contributed by atoms with Gasteiger partial charge in [-0.3, -0.25) is 4.79 Å². The van der Waals surface area contributed by atoms with Crippen molar-refractivity contribution >= 4 is 27.5 Å². The fourth-order valence-corrected chi connectivity index (χ4v) is 2.36. The summed E-state index contributed by atoms with van der Waals surface area (Å²) in [5, 5.41) is 0.700. The van der Waals surface area contributed by atoms with Crippen molar-refractivity contribution in [1.82, 2.24) is 4.57 Å². The minimum Gasteiger partial charge on any atom is -0.310 e. The average Bonchev–Trinajstić information content (AvgIpc) is 2.28. The summed E-state index contributed by atoms with van der Waals surface area (Å²) in [6.07, 6.45) is 1.80. The molecule has 0 aliphatic rings. The van der Waals surface area contributed by atoms with Crippen molar-refractivity contribution in [3.63, 3.8) is 0 Å². The van der Waals surface area contributed by atoms with Crippen LogP contribution in [0.4, 0.5) is 0 Å². The third-order valence-corrected chi connectivity index (χ3v) is 3.18. The van der Waals surface area contributed by atoms with Gasteiger partial charge in [0.1, 0.15) is 0 Å². The zero-order valence-electron chi connectivity index (χ0n) is 9.28. The third kappa shape index (κ3) is 2.99. The maximum atomic E-state index is 11.9. The number of halogens is 2. The first kappa shape index (κ1) is 12.4. The molecule has 0 bridgehead atoms. The van der Waals surface area contributed by atoms with Crippen LogP contribution >= 0.6 is 27.5 Å². The van der Waals surface area contributed by atoms with Crippen LogP contribution in [-0.2, 0) is 6.54 Å². The van der Waals surface area contributed by atoms with Crippen molar-refractivity contribution in [1.29, 1.82) is 0 Å². The first-order chi connectivity index (χ1) is 8.06. The van der Waals surface area contributed by atoms with Crippen LogP contribution in [0.1, 0.15) is 11.1 Å². The van der Waals surface area contributed by atoms with Gasteiger partial charge in [-0.1, -0.05) is 23.7 Å². The number of hydrogen-bond acceptors (Lipinski definition) is 1. The Morgan fingerprint density at radius 2 is 1.94 bits per heavy atom. The second-order valence-electron chi connectivity index (χ2n) is 3.90. The quantitative estimate of drug-likeness (QED) is 0.830. The Kier molecular flexibility index (Phi) is 3.69. The van der Waals surface area contributed by atoms with E-state index in [4.69, 9.17) is 11.6 Å². The van der Waals surface area contributed by atoms with Gasteiger partial charge in [0.25, 0.3) is 5.56 Å². The highest BCUT2D eigenvalue weighted by molar-refractivity contribution is 9.10. The van der Waals surface area contributed by atoms with Crippen molar-refractivity contribution in [2.45, 2.75) is 13.5 Å². The summed E-state index contributed by atoms with van der Waals surface area (Å²) in [5.41, 5.74) is 1.81. The predicted octanol–water partition coefficient (Wildman–Crippen LogP) is 3.62. The van der Waals surface area contributed by atoms with Crippen LogP contribution in [0.5, 0.6) is 0 Å². The lowest BCUT2D eigenvalue weighted by atomic mass is 10.2. The number of aromatic nitrogens is 1. The van der Waals surface area contributed by atoms with Gasteiger partial charge in [-0.05, 0) is 46.6 Å². The van der Waals surface area contributed by atoms with Crippen LogP contribution in [0, 0.1) is 6.92 Å². The van der Waals surface area contributed by atoms with Gasteiger partial charge in [-0.15, -0.1) is 0 Å². The minimum absolute atomic E-state index is 0.0307. The van der Waals surface area contributed by atoms with Crippen molar-refractivity contribution in [3.05, 3.63) is 67.5 Å². The number of nitrogens with zero attached hydrogens (tertiary/aromatic N) is 1. The molecule has 0 aliphatic heterocycles. The Balaban J connectivity index is 2.36. The smallest absolute Gasteiger partial charge is 0.253 e. The zero-order valence-corrected chi connectivity index (χ0v) is 11.6. The Labute approximate surface area is 113 Å². The molecule has 0 saturated carbocycles. The van der Waals surface area contributed by atoms with Crippen molar-refractivity contribution in [2.24, 2.45) is 0 Å². The molecule has 88 valence electrons. The van der Waals surface area contributed by atoms with E-state index in [1.54, 1.807) is 10.8 Å². The van der Waals surface area contributed by atoms with Gasteiger partial charge in [-0.25, -0.2) is 0 Å². The number of rotatable bonds is 2. The zero-order chi connectivity index (χ0) is 12.4. The Hall–Kier alpha value is -1.06. The molecule has 0 spiro atoms. The molecule has 0 N–H and O–H groups in total. The summed E-state index contributed by atoms with van der Waals surface area (Å²) in [7, 11) is 0. The lowest BCUT2D eigenvalue weighted by molar-refractivity contribution is 0.749. The predicted molar refractivity (Wildman–Crippen MR) is 73.7 cm³/mol. The maximum Gasteiger partial charge on any atom is 0.253 e. The first-order valence-corrected chi connectivity index (χ1v) is 6.34. The standard InChI is InChI=1S/C13H11BrClNO/c1-9-6-11(14)8-16(13(9)17)7-10-2-4-12(15)5-3-10/h2-6,8H,7H2,1H3. The molecule has 0 radical (unpaired) electrons. The van der Waals surface area contributed by atoms with Crippen molar-refractivity contribution in [3.8, 4) is 0 Å². The van der Waals surface area contributed by atoms with Gasteiger partial charge in [0.05, 0.1) is 6.54 Å². The summed E-state index contributed by atoms with van der Waals surface area (Å²) in [4.78, 5) is 11.9. The molecule has 2 rings (SSSR count). The Morgan fingerprint density at radius 1 is 1.29 bits per heavy atom. The second-order valence-corrected chi connectivity index (χ2v) is 5.25. The monoisotopic (exact) mass is 311 g/mol. The van der Waals surface area contributed by atoms with Crippen LogP contribution in [-0.4, -0.2) is 4.57 Å². The molecule has 1 aromatic carbocycles. The molecule has 0 atom stereocenters. The molecular formula is C13H11BrClNO. The Morgan fingerprint density at radius 3 is 2.59 bits per heavy atom. The summed E-state index contributed by atoms with van der Waals surface area (Å²) >= 11 is 9.21. The highest BCUT2D eigenvalue weighted by Gasteiger charge is 2.02. The van der Waals surface area contributed by atoms with Crippen LogP contribution < -0.4 is 5.56 Å². The fraction of sp³-hybridized carbons (Fsp3) is 0.154. The second kappa shape index (κ2) is 5.07. The molecule has 17 heavy (non-hydrogen) atoms. The van der Waals surface area contributed by atoms with E-state index in [1.807, 2.05) is 37.3 Å². The molecule has 1 heterocycles. The summed E-state index contributed by atoms with van der Waals surface area (Å²) in [6.45, 7) is 2.36. The molecule has 2 aromatic rings. The maximum absolute atomic E-state index is 11.9. The molecule has 0 aliphatic carbocycles. The molecule has 1 aromatic heterocycles. The van der Waals surface area contributed by atoms with Gasteiger partial charge >= 0.3 is 0 Å². The SMILES string of the molecule is Cc1cc(Br)cn(Cc2ccc(Cl)cc2)c1=O. The van der Waals surface area contributed by atoms with Crippen LogP contribution in [0.25, 0.3) is 0 Å². The van der Waals surface area contributed by atoms with Gasteiger partial charge in [-0.2, -0.15) is 0 Å². The minimum atomic E-state index is 0.0307. The molecule has 2 nitrogen and oxygen atoms in total. The fourth-order valence-electron chi connectivity index (χ4n) is 1.64. The summed E-state index contributed by atoms with van der Waals surface area (Å²) < 4.78 is 2.59. The van der Waals surface area contributed by atoms with Crippen molar-refractivity contribution < 1.29 is 0 Å². The molecule has 0 unspecified atom stereocenters. The van der Waals surface area contributed by atoms with Crippen LogP contribution in [0.2, 0.25) is 5.02 Å². The summed E-state index contributed by atoms with van der Waals surface area (Å²) in [5.74, 6) is 0. The number of pyridine rings is 1. The van der Waals surface area contributed by atoms with Gasteiger partial charge in [0, 0.05) is 21.3 Å². The molecule has 0 saturated heterocycles. The van der Waals surface area contributed by atoms with Crippen molar-refractivity contribution in [2.75, 3.05) is 0 Å². The van der Waals surface area contributed by atoms with Gasteiger partial charge in [0.15, 0.2) is 0 Å².